The summed E-state index contributed by atoms with van der Waals surface area (Å²) in [4.78, 5) is 15.4. The fourth-order valence-corrected chi connectivity index (χ4v) is 9.58. The van der Waals surface area contributed by atoms with Crippen molar-refractivity contribution in [3.63, 3.8) is 0 Å². The van der Waals surface area contributed by atoms with Gasteiger partial charge < -0.3 is 4.57 Å². The van der Waals surface area contributed by atoms with E-state index in [4.69, 9.17) is 15.0 Å². The van der Waals surface area contributed by atoms with Crippen LogP contribution in [0, 0.1) is 0 Å². The summed E-state index contributed by atoms with van der Waals surface area (Å²) >= 11 is 0. The van der Waals surface area contributed by atoms with E-state index in [0.717, 1.165) is 44.1 Å². The molecule has 0 saturated carbocycles. The Hall–Kier alpha value is -6.85. The molecule has 0 spiro atoms. The fourth-order valence-electron chi connectivity index (χ4n) is 9.58. The van der Waals surface area contributed by atoms with Gasteiger partial charge in [-0.2, -0.15) is 9.97 Å². The lowest BCUT2D eigenvalue weighted by atomic mass is 9.61. The van der Waals surface area contributed by atoms with Gasteiger partial charge in [-0.15, -0.1) is 0 Å². The predicted octanol–water partition coefficient (Wildman–Crippen LogP) is 13.4. The number of para-hydroxylation sites is 2. The molecule has 5 nitrogen and oxygen atoms in total. The number of benzene rings is 7. The molecule has 0 unspecified atom stereocenters. The second kappa shape index (κ2) is 12.8. The first kappa shape index (κ1) is 34.4. The molecule has 280 valence electrons. The van der Waals surface area contributed by atoms with Gasteiger partial charge in [0.25, 0.3) is 0 Å². The van der Waals surface area contributed by atoms with Crippen LogP contribution in [0.25, 0.3) is 89.2 Å². The average Bonchev–Trinajstić information content (AvgIpc) is 3.77. The number of hydrogen-bond acceptors (Lipinski definition) is 3. The highest BCUT2D eigenvalue weighted by Gasteiger charge is 2.38. The zero-order chi connectivity index (χ0) is 39.2. The minimum absolute atomic E-state index is 0.110. The molecular formula is C53H43N5. The molecule has 0 aliphatic heterocycles. The topological polar surface area (TPSA) is 48.5 Å². The summed E-state index contributed by atoms with van der Waals surface area (Å²) in [5.41, 5.74) is 13.3. The van der Waals surface area contributed by atoms with Crippen molar-refractivity contribution >= 4 is 43.6 Å². The molecule has 3 aromatic heterocycles. The van der Waals surface area contributed by atoms with Gasteiger partial charge in [-0.3, -0.25) is 4.57 Å². The molecule has 11 rings (SSSR count). The zero-order valence-electron chi connectivity index (χ0n) is 33.2. The monoisotopic (exact) mass is 749 g/mol. The smallest absolute Gasteiger partial charge is 0.238 e. The van der Waals surface area contributed by atoms with Crippen molar-refractivity contribution in [1.29, 1.82) is 0 Å². The van der Waals surface area contributed by atoms with Gasteiger partial charge in [0.2, 0.25) is 5.95 Å². The summed E-state index contributed by atoms with van der Waals surface area (Å²) in [5, 5.41) is 4.74. The van der Waals surface area contributed by atoms with E-state index in [1.807, 2.05) is 36.4 Å². The lowest BCUT2D eigenvalue weighted by Gasteiger charge is -2.43. The Morgan fingerprint density at radius 3 is 1.57 bits per heavy atom. The number of fused-ring (bicyclic) bond motifs is 7. The molecule has 0 bridgehead atoms. The van der Waals surface area contributed by atoms with Gasteiger partial charge >= 0.3 is 0 Å². The van der Waals surface area contributed by atoms with Gasteiger partial charge in [0.05, 0.1) is 22.1 Å². The second-order valence-corrected chi connectivity index (χ2v) is 17.1. The Morgan fingerprint density at radius 2 is 0.948 bits per heavy atom. The molecule has 0 amide bonds. The van der Waals surface area contributed by atoms with Crippen molar-refractivity contribution in [1.82, 2.24) is 24.1 Å². The van der Waals surface area contributed by atoms with Crippen LogP contribution in [-0.4, -0.2) is 24.1 Å². The van der Waals surface area contributed by atoms with Crippen LogP contribution >= 0.6 is 0 Å². The highest BCUT2D eigenvalue weighted by atomic mass is 15.2. The van der Waals surface area contributed by atoms with Gasteiger partial charge in [0, 0.05) is 38.4 Å². The maximum atomic E-state index is 5.20. The summed E-state index contributed by atoms with van der Waals surface area (Å²) in [7, 11) is 0. The van der Waals surface area contributed by atoms with E-state index in [9.17, 15) is 0 Å². The first-order chi connectivity index (χ1) is 28.2. The summed E-state index contributed by atoms with van der Waals surface area (Å²) < 4.78 is 4.64. The molecule has 0 saturated heterocycles. The van der Waals surface area contributed by atoms with Crippen LogP contribution in [0.3, 0.4) is 0 Å². The summed E-state index contributed by atoms with van der Waals surface area (Å²) in [5.74, 6) is 1.86. The van der Waals surface area contributed by atoms with E-state index < -0.39 is 0 Å². The number of aromatic nitrogens is 5. The molecule has 7 aromatic carbocycles. The van der Waals surface area contributed by atoms with Crippen molar-refractivity contribution < 1.29 is 0 Å². The number of hydrogen-bond donors (Lipinski definition) is 0. The van der Waals surface area contributed by atoms with Crippen molar-refractivity contribution in [2.45, 2.75) is 51.4 Å². The Balaban J connectivity index is 1.14. The standard InChI is InChI=1S/C53H43N5/c1-52(2)30-31-53(3,4)48-38(22-15-23-43(48)52)34-26-28-37(29-27-34)57-44-24-13-11-20-39(44)41-32-42-40-21-12-14-25-45(40)58(47(42)33-46(41)57)51-55-49(35-16-7-5-8-17-35)54-50(56-51)36-18-9-6-10-19-36/h5-29,32-33H,30-31H2,1-4H3. The molecule has 1 aliphatic carbocycles. The van der Waals surface area contributed by atoms with Crippen molar-refractivity contribution in [2.24, 2.45) is 0 Å². The molecule has 0 fully saturated rings. The molecule has 3 heterocycles. The van der Waals surface area contributed by atoms with Crippen LogP contribution < -0.4 is 0 Å². The quantitative estimate of drug-likeness (QED) is 0.176. The largest absolute Gasteiger partial charge is 0.309 e. The van der Waals surface area contributed by atoms with Crippen LogP contribution in [0.15, 0.2) is 164 Å². The minimum atomic E-state index is 0.110. The molecule has 0 N–H and O–H groups in total. The SMILES string of the molecule is CC1(C)CCC(C)(C)c2c(-c3ccc(-n4c5ccccc5c5cc6c7ccccc7n(-c7nc(-c8ccccc8)nc(-c8ccccc8)n7)c6cc54)cc3)cccc21. The first-order valence-corrected chi connectivity index (χ1v) is 20.3. The van der Waals surface area contributed by atoms with E-state index in [1.165, 1.54) is 51.4 Å². The molecule has 0 radical (unpaired) electrons. The molecule has 1 aliphatic rings. The summed E-state index contributed by atoms with van der Waals surface area (Å²) in [6.45, 7) is 9.63. The normalized spacial score (nSPS) is 14.7. The molecule has 10 aromatic rings. The van der Waals surface area contributed by atoms with Gasteiger partial charge in [0.1, 0.15) is 0 Å². The highest BCUT2D eigenvalue weighted by Crippen LogP contribution is 2.49. The average molecular weight is 750 g/mol. The molecular weight excluding hydrogens is 707 g/mol. The second-order valence-electron chi connectivity index (χ2n) is 17.1. The third-order valence-corrected chi connectivity index (χ3v) is 12.6. The Labute approximate surface area is 338 Å². The first-order valence-electron chi connectivity index (χ1n) is 20.3. The van der Waals surface area contributed by atoms with Gasteiger partial charge in [-0.05, 0) is 82.3 Å². The van der Waals surface area contributed by atoms with E-state index >= 15 is 0 Å². The van der Waals surface area contributed by atoms with Crippen molar-refractivity contribution in [3.05, 3.63) is 175 Å². The maximum Gasteiger partial charge on any atom is 0.238 e. The zero-order valence-corrected chi connectivity index (χ0v) is 33.2. The lowest BCUT2D eigenvalue weighted by molar-refractivity contribution is 0.333. The number of nitrogens with zero attached hydrogens (tertiary/aromatic N) is 5. The number of rotatable bonds is 5. The van der Waals surface area contributed by atoms with Crippen LogP contribution in [0.4, 0.5) is 0 Å². The molecule has 0 atom stereocenters. The van der Waals surface area contributed by atoms with Crippen LogP contribution in [0.5, 0.6) is 0 Å². The van der Waals surface area contributed by atoms with Crippen molar-refractivity contribution in [2.75, 3.05) is 0 Å². The van der Waals surface area contributed by atoms with Crippen molar-refractivity contribution in [3.8, 4) is 45.5 Å². The Kier molecular flexibility index (Phi) is 7.61. The third-order valence-electron chi connectivity index (χ3n) is 12.6. The fraction of sp³-hybridized carbons (Fsp3) is 0.151. The van der Waals surface area contributed by atoms with Gasteiger partial charge in [-0.1, -0.05) is 155 Å². The van der Waals surface area contributed by atoms with Gasteiger partial charge in [0.15, 0.2) is 11.6 Å². The van der Waals surface area contributed by atoms with E-state index in [0.29, 0.717) is 17.6 Å². The highest BCUT2D eigenvalue weighted by molar-refractivity contribution is 6.19. The van der Waals surface area contributed by atoms with Crippen LogP contribution in [-0.2, 0) is 10.8 Å². The summed E-state index contributed by atoms with van der Waals surface area (Å²) in [6, 6.07) is 58.6. The van der Waals surface area contributed by atoms with E-state index in [-0.39, 0.29) is 10.8 Å². The Bertz CT molecular complexity index is 3150. The van der Waals surface area contributed by atoms with Crippen LogP contribution in [0.1, 0.15) is 51.7 Å². The Morgan fingerprint density at radius 1 is 0.414 bits per heavy atom. The van der Waals surface area contributed by atoms with E-state index in [1.54, 1.807) is 0 Å². The summed E-state index contributed by atoms with van der Waals surface area (Å²) in [6.07, 6.45) is 2.38. The maximum absolute atomic E-state index is 5.20. The minimum Gasteiger partial charge on any atom is -0.309 e. The van der Waals surface area contributed by atoms with E-state index in [2.05, 4.69) is 164 Å². The van der Waals surface area contributed by atoms with Gasteiger partial charge in [-0.25, -0.2) is 4.98 Å². The third kappa shape index (κ3) is 5.33. The van der Waals surface area contributed by atoms with Crippen LogP contribution in [0.2, 0.25) is 0 Å². The predicted molar refractivity (Wildman–Crippen MR) is 240 cm³/mol. The lowest BCUT2D eigenvalue weighted by Crippen LogP contribution is -2.34. The molecule has 58 heavy (non-hydrogen) atoms. The molecule has 5 heteroatoms.